The predicted molar refractivity (Wildman–Crippen MR) is 78.7 cm³/mol. The minimum absolute atomic E-state index is 0.404. The highest BCUT2D eigenvalue weighted by Gasteiger charge is 2.26. The number of alkyl carbamates (subject to hydrolysis) is 1. The molecule has 0 aromatic heterocycles. The van der Waals surface area contributed by atoms with E-state index in [9.17, 15) is 4.79 Å². The Morgan fingerprint density at radius 1 is 1.10 bits per heavy atom. The van der Waals surface area contributed by atoms with Crippen molar-refractivity contribution in [1.82, 2.24) is 5.32 Å². The molecular weight excluding hydrogens is 257 g/mol. The number of hydrogen-bond acceptors (Lipinski definition) is 4. The summed E-state index contributed by atoms with van der Waals surface area (Å²) >= 11 is 0. The number of carbonyl (C=O) groups is 1. The summed E-state index contributed by atoms with van der Waals surface area (Å²) in [6.45, 7) is 9.10. The Hall–Kier alpha value is -1.53. The first kappa shape index (κ1) is 16.5. The third-order valence-corrected chi connectivity index (χ3v) is 2.74. The van der Waals surface area contributed by atoms with Crippen LogP contribution in [0.5, 0.6) is 0 Å². The maximum absolute atomic E-state index is 11.8. The van der Waals surface area contributed by atoms with Crippen LogP contribution in [0.1, 0.15) is 40.2 Å². The Morgan fingerprint density at radius 2 is 1.60 bits per heavy atom. The van der Waals surface area contributed by atoms with E-state index in [0.29, 0.717) is 5.46 Å². The number of amides is 1. The molecule has 1 rings (SSSR count). The average Bonchev–Trinajstić information content (AvgIpc) is 2.25. The Bertz CT molecular complexity index is 463. The number of benzene rings is 1. The van der Waals surface area contributed by atoms with Crippen LogP contribution in [0, 0.1) is 0 Å². The third kappa shape index (κ3) is 4.87. The zero-order chi connectivity index (χ0) is 15.6. The van der Waals surface area contributed by atoms with Gasteiger partial charge in [-0.3, -0.25) is 0 Å². The summed E-state index contributed by atoms with van der Waals surface area (Å²) in [5.74, 6) is 0. The van der Waals surface area contributed by atoms with Gasteiger partial charge in [-0.15, -0.1) is 0 Å². The van der Waals surface area contributed by atoms with E-state index in [2.05, 4.69) is 5.32 Å². The average molecular weight is 279 g/mol. The lowest BCUT2D eigenvalue weighted by molar-refractivity contribution is 0.0470. The quantitative estimate of drug-likeness (QED) is 0.725. The molecule has 0 aliphatic carbocycles. The standard InChI is InChI=1S/C14H22BNO4/c1-13(2,3)20-12(17)16-14(4,5)10-6-8-11(9-7-10)15(18)19/h6-9,18-19H,1-5H3,(H,16,17). The first-order valence-corrected chi connectivity index (χ1v) is 6.49. The van der Waals surface area contributed by atoms with Crippen molar-refractivity contribution in [3.05, 3.63) is 29.8 Å². The second kappa shape index (κ2) is 5.85. The highest BCUT2D eigenvalue weighted by Crippen LogP contribution is 2.20. The number of rotatable bonds is 3. The van der Waals surface area contributed by atoms with E-state index in [4.69, 9.17) is 14.8 Å². The van der Waals surface area contributed by atoms with Crippen LogP contribution in [0.4, 0.5) is 4.79 Å². The van der Waals surface area contributed by atoms with Crippen LogP contribution in [0.15, 0.2) is 24.3 Å². The molecule has 1 aromatic rings. The fraction of sp³-hybridized carbons (Fsp3) is 0.500. The zero-order valence-corrected chi connectivity index (χ0v) is 12.6. The summed E-state index contributed by atoms with van der Waals surface area (Å²) < 4.78 is 5.23. The molecule has 20 heavy (non-hydrogen) atoms. The van der Waals surface area contributed by atoms with E-state index in [1.807, 2.05) is 13.8 Å². The minimum Gasteiger partial charge on any atom is -0.444 e. The van der Waals surface area contributed by atoms with Gasteiger partial charge in [0.2, 0.25) is 0 Å². The monoisotopic (exact) mass is 279 g/mol. The lowest BCUT2D eigenvalue weighted by Gasteiger charge is -2.29. The molecule has 6 heteroatoms. The molecule has 0 aliphatic heterocycles. The molecule has 110 valence electrons. The molecule has 0 heterocycles. The van der Waals surface area contributed by atoms with Crippen LogP contribution >= 0.6 is 0 Å². The van der Waals surface area contributed by atoms with Crippen LogP contribution in [0.2, 0.25) is 0 Å². The number of nitrogens with one attached hydrogen (secondary N) is 1. The summed E-state index contributed by atoms with van der Waals surface area (Å²) in [6.07, 6.45) is -0.492. The smallest absolute Gasteiger partial charge is 0.444 e. The lowest BCUT2D eigenvalue weighted by Crippen LogP contribution is -2.44. The van der Waals surface area contributed by atoms with Crippen molar-refractivity contribution < 1.29 is 19.6 Å². The second-order valence-electron chi connectivity index (χ2n) is 6.25. The van der Waals surface area contributed by atoms with Crippen LogP contribution in [-0.2, 0) is 10.3 Å². The fourth-order valence-corrected chi connectivity index (χ4v) is 1.70. The number of hydrogen-bond donors (Lipinski definition) is 3. The Balaban J connectivity index is 2.80. The van der Waals surface area contributed by atoms with Gasteiger partial charge in [0.1, 0.15) is 5.60 Å². The summed E-state index contributed by atoms with van der Waals surface area (Å²) in [6, 6.07) is 6.70. The van der Waals surface area contributed by atoms with Gasteiger partial charge in [0.15, 0.2) is 0 Å². The number of ether oxygens (including phenoxy) is 1. The van der Waals surface area contributed by atoms with E-state index in [-0.39, 0.29) is 0 Å². The van der Waals surface area contributed by atoms with E-state index in [0.717, 1.165) is 5.56 Å². The topological polar surface area (TPSA) is 78.8 Å². The van der Waals surface area contributed by atoms with E-state index in [1.165, 1.54) is 0 Å². The summed E-state index contributed by atoms with van der Waals surface area (Å²) in [7, 11) is -1.49. The Labute approximate surface area is 120 Å². The third-order valence-electron chi connectivity index (χ3n) is 2.74. The van der Waals surface area contributed by atoms with E-state index < -0.39 is 24.4 Å². The van der Waals surface area contributed by atoms with E-state index in [1.54, 1.807) is 45.0 Å². The molecule has 0 saturated carbocycles. The van der Waals surface area contributed by atoms with Gasteiger partial charge < -0.3 is 20.1 Å². The first-order valence-electron chi connectivity index (χ1n) is 6.49. The molecule has 0 spiro atoms. The van der Waals surface area contributed by atoms with Crippen molar-refractivity contribution in [1.29, 1.82) is 0 Å². The van der Waals surface area contributed by atoms with Gasteiger partial charge in [0.25, 0.3) is 0 Å². The second-order valence-corrected chi connectivity index (χ2v) is 6.25. The molecule has 0 radical (unpaired) electrons. The van der Waals surface area contributed by atoms with Crippen molar-refractivity contribution in [3.8, 4) is 0 Å². The van der Waals surface area contributed by atoms with Crippen LogP contribution in [0.25, 0.3) is 0 Å². The molecule has 3 N–H and O–H groups in total. The molecule has 0 aliphatic rings. The van der Waals surface area contributed by atoms with Crippen LogP contribution < -0.4 is 10.8 Å². The van der Waals surface area contributed by atoms with Gasteiger partial charge in [-0.1, -0.05) is 24.3 Å². The minimum atomic E-state index is -1.49. The Morgan fingerprint density at radius 3 is 2.00 bits per heavy atom. The van der Waals surface area contributed by atoms with Gasteiger partial charge in [-0.2, -0.15) is 0 Å². The van der Waals surface area contributed by atoms with Crippen molar-refractivity contribution in [2.75, 3.05) is 0 Å². The van der Waals surface area contributed by atoms with Crippen molar-refractivity contribution in [2.45, 2.75) is 45.8 Å². The van der Waals surface area contributed by atoms with Gasteiger partial charge in [0, 0.05) is 0 Å². The first-order chi connectivity index (χ1) is 9.01. The zero-order valence-electron chi connectivity index (χ0n) is 12.6. The summed E-state index contributed by atoms with van der Waals surface area (Å²) in [5, 5.41) is 20.9. The molecule has 1 aromatic carbocycles. The van der Waals surface area contributed by atoms with Gasteiger partial charge in [-0.25, -0.2) is 4.79 Å². The molecule has 0 saturated heterocycles. The molecular formula is C14H22BNO4. The summed E-state index contributed by atoms with van der Waals surface area (Å²) in [4.78, 5) is 11.8. The predicted octanol–water partition coefficient (Wildman–Crippen LogP) is 1.13. The summed E-state index contributed by atoms with van der Waals surface area (Å²) in [5.41, 5.74) is 0.0707. The van der Waals surface area contributed by atoms with Crippen molar-refractivity contribution >= 4 is 18.7 Å². The SMILES string of the molecule is CC(C)(C)OC(=O)NC(C)(C)c1ccc(B(O)O)cc1. The number of carbonyl (C=O) groups excluding carboxylic acids is 1. The van der Waals surface area contributed by atoms with Gasteiger partial charge in [-0.05, 0) is 45.6 Å². The highest BCUT2D eigenvalue weighted by atomic mass is 16.6. The van der Waals surface area contributed by atoms with Crippen molar-refractivity contribution in [2.24, 2.45) is 0 Å². The molecule has 0 atom stereocenters. The lowest BCUT2D eigenvalue weighted by atomic mass is 9.79. The fourth-order valence-electron chi connectivity index (χ4n) is 1.70. The molecule has 5 nitrogen and oxygen atoms in total. The van der Waals surface area contributed by atoms with E-state index >= 15 is 0 Å². The molecule has 0 fully saturated rings. The van der Waals surface area contributed by atoms with Gasteiger partial charge >= 0.3 is 13.2 Å². The Kier molecular flexibility index (Phi) is 4.83. The maximum atomic E-state index is 11.8. The molecule has 1 amide bonds. The van der Waals surface area contributed by atoms with Gasteiger partial charge in [0.05, 0.1) is 5.54 Å². The molecule has 0 unspecified atom stereocenters. The maximum Gasteiger partial charge on any atom is 0.488 e. The van der Waals surface area contributed by atoms with Crippen LogP contribution in [-0.4, -0.2) is 28.9 Å². The highest BCUT2D eigenvalue weighted by molar-refractivity contribution is 6.58. The molecule has 0 bridgehead atoms. The largest absolute Gasteiger partial charge is 0.488 e. The van der Waals surface area contributed by atoms with Crippen LogP contribution in [0.3, 0.4) is 0 Å². The van der Waals surface area contributed by atoms with Crippen molar-refractivity contribution in [3.63, 3.8) is 0 Å². The normalized spacial score (nSPS) is 11.9.